The number of rotatable bonds is 4. The lowest BCUT2D eigenvalue weighted by molar-refractivity contribution is -0.0209. The van der Waals surface area contributed by atoms with Crippen LogP contribution in [0.2, 0.25) is 0 Å². The standard InChI is InChI=1S/C24H22N2O3/c1-27-18-13-11-16(12-14-18)20-15-21-19-9-6-10-22(28-2)23(19)29-24(26(21)25-20)17-7-4-3-5-8-17/h3-14,21,24H,15H2,1-2H3. The van der Waals surface area contributed by atoms with Gasteiger partial charge in [-0.3, -0.25) is 0 Å². The van der Waals surface area contributed by atoms with E-state index in [9.17, 15) is 0 Å². The van der Waals surface area contributed by atoms with Gasteiger partial charge in [-0.05, 0) is 35.9 Å². The van der Waals surface area contributed by atoms with E-state index in [-0.39, 0.29) is 12.3 Å². The van der Waals surface area contributed by atoms with E-state index in [0.29, 0.717) is 0 Å². The van der Waals surface area contributed by atoms with E-state index in [4.69, 9.17) is 19.3 Å². The minimum absolute atomic E-state index is 0.0937. The number of methoxy groups -OCH3 is 2. The molecule has 0 aliphatic carbocycles. The normalized spacial score (nSPS) is 19.7. The van der Waals surface area contributed by atoms with Gasteiger partial charge in [-0.15, -0.1) is 0 Å². The van der Waals surface area contributed by atoms with Gasteiger partial charge in [0.1, 0.15) is 5.75 Å². The second-order valence-corrected chi connectivity index (χ2v) is 7.13. The highest BCUT2D eigenvalue weighted by Crippen LogP contribution is 2.50. The quantitative estimate of drug-likeness (QED) is 0.637. The first kappa shape index (κ1) is 17.6. The first-order valence-corrected chi connectivity index (χ1v) is 9.67. The molecule has 2 aliphatic heterocycles. The van der Waals surface area contributed by atoms with Crippen LogP contribution in [0.4, 0.5) is 0 Å². The number of nitrogens with zero attached hydrogens (tertiary/aromatic N) is 2. The summed E-state index contributed by atoms with van der Waals surface area (Å²) in [6.45, 7) is 0. The van der Waals surface area contributed by atoms with E-state index in [0.717, 1.165) is 46.1 Å². The van der Waals surface area contributed by atoms with Gasteiger partial charge in [0, 0.05) is 17.5 Å². The summed E-state index contributed by atoms with van der Waals surface area (Å²) in [6, 6.07) is 24.4. The van der Waals surface area contributed by atoms with Gasteiger partial charge in [-0.1, -0.05) is 42.5 Å². The van der Waals surface area contributed by atoms with Gasteiger partial charge in [0.25, 0.3) is 0 Å². The third kappa shape index (κ3) is 2.99. The van der Waals surface area contributed by atoms with Gasteiger partial charge in [-0.25, -0.2) is 5.01 Å². The van der Waals surface area contributed by atoms with Gasteiger partial charge < -0.3 is 14.2 Å². The molecule has 2 heterocycles. The smallest absolute Gasteiger partial charge is 0.214 e. The fourth-order valence-electron chi connectivity index (χ4n) is 4.04. The lowest BCUT2D eigenvalue weighted by atomic mass is 9.95. The maximum Gasteiger partial charge on any atom is 0.214 e. The molecular weight excluding hydrogens is 364 g/mol. The van der Waals surface area contributed by atoms with Crippen LogP contribution < -0.4 is 14.2 Å². The molecule has 0 bridgehead atoms. The van der Waals surface area contributed by atoms with E-state index in [1.807, 2.05) is 42.5 Å². The van der Waals surface area contributed by atoms with Crippen molar-refractivity contribution in [2.24, 2.45) is 5.10 Å². The number of para-hydroxylation sites is 1. The molecule has 29 heavy (non-hydrogen) atoms. The minimum Gasteiger partial charge on any atom is -0.497 e. The third-order valence-electron chi connectivity index (χ3n) is 5.51. The highest BCUT2D eigenvalue weighted by molar-refractivity contribution is 6.02. The zero-order valence-electron chi connectivity index (χ0n) is 16.4. The van der Waals surface area contributed by atoms with Gasteiger partial charge in [0.05, 0.1) is 26.0 Å². The number of hydrogen-bond donors (Lipinski definition) is 0. The summed E-state index contributed by atoms with van der Waals surface area (Å²) < 4.78 is 17.3. The van der Waals surface area contributed by atoms with Crippen LogP contribution in [-0.4, -0.2) is 24.9 Å². The summed E-state index contributed by atoms with van der Waals surface area (Å²) in [7, 11) is 3.35. The van der Waals surface area contributed by atoms with Crippen molar-refractivity contribution in [3.8, 4) is 17.2 Å². The molecule has 0 fully saturated rings. The number of hydrazone groups is 1. The molecule has 0 saturated carbocycles. The van der Waals surface area contributed by atoms with Crippen LogP contribution in [0.3, 0.4) is 0 Å². The van der Waals surface area contributed by atoms with Crippen molar-refractivity contribution in [3.05, 3.63) is 89.5 Å². The second-order valence-electron chi connectivity index (χ2n) is 7.13. The molecule has 0 spiro atoms. The molecular formula is C24H22N2O3. The summed E-state index contributed by atoms with van der Waals surface area (Å²) in [5.41, 5.74) is 4.30. The van der Waals surface area contributed by atoms with Gasteiger partial charge >= 0.3 is 0 Å². The molecule has 2 aliphatic rings. The highest BCUT2D eigenvalue weighted by atomic mass is 16.5. The van der Waals surface area contributed by atoms with Crippen molar-refractivity contribution in [3.63, 3.8) is 0 Å². The number of hydrogen-bond acceptors (Lipinski definition) is 5. The number of ether oxygens (including phenoxy) is 3. The Hall–Kier alpha value is -3.47. The molecule has 146 valence electrons. The van der Waals surface area contributed by atoms with E-state index < -0.39 is 0 Å². The van der Waals surface area contributed by atoms with Gasteiger partial charge in [0.2, 0.25) is 6.23 Å². The highest BCUT2D eigenvalue weighted by Gasteiger charge is 2.42. The molecule has 2 atom stereocenters. The summed E-state index contributed by atoms with van der Waals surface area (Å²) in [5, 5.41) is 7.07. The van der Waals surface area contributed by atoms with Crippen molar-refractivity contribution in [2.45, 2.75) is 18.7 Å². The predicted molar refractivity (Wildman–Crippen MR) is 112 cm³/mol. The molecule has 0 N–H and O–H groups in total. The van der Waals surface area contributed by atoms with Crippen LogP contribution in [-0.2, 0) is 0 Å². The Morgan fingerprint density at radius 1 is 0.897 bits per heavy atom. The fraction of sp³-hybridized carbons (Fsp3) is 0.208. The first-order chi connectivity index (χ1) is 14.3. The Kier molecular flexibility index (Phi) is 4.35. The van der Waals surface area contributed by atoms with Crippen molar-refractivity contribution in [1.29, 1.82) is 0 Å². The lowest BCUT2D eigenvalue weighted by Crippen LogP contribution is -2.33. The summed E-state index contributed by atoms with van der Waals surface area (Å²) in [4.78, 5) is 0. The maximum atomic E-state index is 6.45. The first-order valence-electron chi connectivity index (χ1n) is 9.67. The van der Waals surface area contributed by atoms with Crippen molar-refractivity contribution in [2.75, 3.05) is 14.2 Å². The van der Waals surface area contributed by atoms with Crippen molar-refractivity contribution >= 4 is 5.71 Å². The Bertz CT molecular complexity index is 1050. The second kappa shape index (κ2) is 7.17. The average molecular weight is 386 g/mol. The largest absolute Gasteiger partial charge is 0.497 e. The number of fused-ring (bicyclic) bond motifs is 3. The van der Waals surface area contributed by atoms with E-state index in [2.05, 4.69) is 35.3 Å². The van der Waals surface area contributed by atoms with Crippen LogP contribution in [0.15, 0.2) is 77.9 Å². The summed E-state index contributed by atoms with van der Waals surface area (Å²) >= 11 is 0. The van der Waals surface area contributed by atoms with Crippen LogP contribution in [0, 0.1) is 0 Å². The topological polar surface area (TPSA) is 43.3 Å². The molecule has 5 nitrogen and oxygen atoms in total. The predicted octanol–water partition coefficient (Wildman–Crippen LogP) is 4.95. The van der Waals surface area contributed by atoms with E-state index >= 15 is 0 Å². The van der Waals surface area contributed by atoms with Crippen LogP contribution in [0.5, 0.6) is 17.2 Å². The Balaban J connectivity index is 1.59. The Morgan fingerprint density at radius 2 is 1.69 bits per heavy atom. The Labute approximate surface area is 170 Å². The van der Waals surface area contributed by atoms with E-state index in [1.165, 1.54) is 0 Å². The molecule has 0 amide bonds. The molecule has 3 aromatic carbocycles. The number of benzene rings is 3. The molecule has 2 unspecified atom stereocenters. The van der Waals surface area contributed by atoms with Crippen LogP contribution >= 0.6 is 0 Å². The monoisotopic (exact) mass is 386 g/mol. The van der Waals surface area contributed by atoms with Gasteiger partial charge in [-0.2, -0.15) is 5.10 Å². The molecule has 3 aromatic rings. The zero-order valence-corrected chi connectivity index (χ0v) is 16.4. The lowest BCUT2D eigenvalue weighted by Gasteiger charge is -2.38. The zero-order chi connectivity index (χ0) is 19.8. The molecule has 0 saturated heterocycles. The van der Waals surface area contributed by atoms with E-state index in [1.54, 1.807) is 14.2 Å². The van der Waals surface area contributed by atoms with Crippen LogP contribution in [0.1, 0.15) is 35.4 Å². The van der Waals surface area contributed by atoms with Crippen molar-refractivity contribution in [1.82, 2.24) is 5.01 Å². The molecule has 0 radical (unpaired) electrons. The fourth-order valence-corrected chi connectivity index (χ4v) is 4.04. The van der Waals surface area contributed by atoms with Crippen molar-refractivity contribution < 1.29 is 14.2 Å². The maximum absolute atomic E-state index is 6.45. The molecule has 5 heteroatoms. The molecule has 0 aromatic heterocycles. The van der Waals surface area contributed by atoms with Gasteiger partial charge in [0.15, 0.2) is 11.5 Å². The molecule has 5 rings (SSSR count). The summed E-state index contributed by atoms with van der Waals surface area (Å²) in [6.07, 6.45) is 0.500. The Morgan fingerprint density at radius 3 is 2.41 bits per heavy atom. The average Bonchev–Trinajstić information content (AvgIpc) is 3.24. The third-order valence-corrected chi connectivity index (χ3v) is 5.51. The summed E-state index contributed by atoms with van der Waals surface area (Å²) in [5.74, 6) is 2.39. The minimum atomic E-state index is -0.305. The SMILES string of the molecule is COc1ccc(C2=NN3C(C2)c2cccc(OC)c2OC3c2ccccc2)cc1. The van der Waals surface area contributed by atoms with Crippen LogP contribution in [0.25, 0.3) is 0 Å².